The maximum Gasteiger partial charge on any atom is 0.271 e. The predicted molar refractivity (Wildman–Crippen MR) is 99.5 cm³/mol. The molecule has 0 heterocycles. The van der Waals surface area contributed by atoms with Crippen LogP contribution in [0.25, 0.3) is 0 Å². The minimum absolute atomic E-state index is 0.130. The third kappa shape index (κ3) is 5.00. The summed E-state index contributed by atoms with van der Waals surface area (Å²) in [5.41, 5.74) is 0.0968. The zero-order chi connectivity index (χ0) is 20.2. The molecule has 2 rings (SSSR count). The van der Waals surface area contributed by atoms with Gasteiger partial charge in [-0.2, -0.15) is 0 Å². The molecule has 10 heteroatoms. The molecule has 144 valence electrons. The highest BCUT2D eigenvalue weighted by atomic mass is 32.2. The maximum absolute atomic E-state index is 13.2. The fraction of sp³-hybridized carbons (Fsp3) is 0.235. The molecular formula is C17H18FN3O5S. The molecule has 0 saturated heterocycles. The van der Waals surface area contributed by atoms with Crippen LogP contribution in [0.15, 0.2) is 48.5 Å². The van der Waals surface area contributed by atoms with Crippen LogP contribution < -0.4 is 9.62 Å². The number of nitrogens with zero attached hydrogens (tertiary/aromatic N) is 2. The molecule has 27 heavy (non-hydrogen) atoms. The Labute approximate surface area is 155 Å². The summed E-state index contributed by atoms with van der Waals surface area (Å²) in [6, 6.07) is 8.91. The van der Waals surface area contributed by atoms with E-state index in [2.05, 4.69) is 5.32 Å². The van der Waals surface area contributed by atoms with Crippen LogP contribution in [0.2, 0.25) is 0 Å². The molecule has 0 aromatic heterocycles. The Morgan fingerprint density at radius 3 is 2.41 bits per heavy atom. The zero-order valence-electron chi connectivity index (χ0n) is 14.6. The molecule has 0 saturated carbocycles. The second-order valence-corrected chi connectivity index (χ2v) is 7.62. The average molecular weight is 395 g/mol. The number of rotatable bonds is 7. The first-order valence-electron chi connectivity index (χ1n) is 7.93. The first-order valence-corrected chi connectivity index (χ1v) is 9.78. The number of non-ortho nitro benzene ring substituents is 1. The van der Waals surface area contributed by atoms with E-state index in [4.69, 9.17) is 0 Å². The van der Waals surface area contributed by atoms with Gasteiger partial charge in [0, 0.05) is 17.8 Å². The normalized spacial score (nSPS) is 12.3. The number of nitro benzene ring substituents is 1. The summed E-state index contributed by atoms with van der Waals surface area (Å²) in [6.07, 6.45) is 1.07. The number of nitro groups is 1. The van der Waals surface area contributed by atoms with Gasteiger partial charge in [0.25, 0.3) is 5.69 Å². The van der Waals surface area contributed by atoms with Gasteiger partial charge in [-0.1, -0.05) is 13.0 Å². The molecule has 0 spiro atoms. The lowest BCUT2D eigenvalue weighted by atomic mass is 10.1. The van der Waals surface area contributed by atoms with Gasteiger partial charge in [-0.15, -0.1) is 0 Å². The predicted octanol–water partition coefficient (Wildman–Crippen LogP) is 2.92. The molecule has 1 N–H and O–H groups in total. The standard InChI is InChI=1S/C17H18FN3O5S/c1-3-16(17(22)19-13-5-4-6-15(11-13)21(23)24)20(27(2,25)26)14-9-7-12(18)8-10-14/h4-11,16H,3H2,1-2H3,(H,19,22)/t16-/m0/s1. The van der Waals surface area contributed by atoms with Crippen molar-refractivity contribution in [3.8, 4) is 0 Å². The SMILES string of the molecule is CC[C@@H](C(=O)Nc1cccc([N+](=O)[O-])c1)N(c1ccc(F)cc1)S(C)(=O)=O. The van der Waals surface area contributed by atoms with Gasteiger partial charge in [0.2, 0.25) is 15.9 Å². The van der Waals surface area contributed by atoms with Crippen LogP contribution in [0.4, 0.5) is 21.5 Å². The van der Waals surface area contributed by atoms with Gasteiger partial charge in [-0.3, -0.25) is 19.2 Å². The van der Waals surface area contributed by atoms with Crippen molar-refractivity contribution >= 4 is 33.0 Å². The van der Waals surface area contributed by atoms with E-state index in [1.54, 1.807) is 6.92 Å². The minimum atomic E-state index is -3.86. The number of amides is 1. The van der Waals surface area contributed by atoms with Gasteiger partial charge in [0.15, 0.2) is 0 Å². The molecule has 0 radical (unpaired) electrons. The molecule has 1 atom stereocenters. The number of carbonyl (C=O) groups is 1. The highest BCUT2D eigenvalue weighted by Crippen LogP contribution is 2.24. The third-order valence-electron chi connectivity index (χ3n) is 3.74. The maximum atomic E-state index is 13.2. The molecule has 8 nitrogen and oxygen atoms in total. The lowest BCUT2D eigenvalue weighted by molar-refractivity contribution is -0.384. The second-order valence-electron chi connectivity index (χ2n) is 5.76. The molecule has 0 aliphatic carbocycles. The van der Waals surface area contributed by atoms with Crippen molar-refractivity contribution in [1.82, 2.24) is 0 Å². The molecule has 0 aliphatic heterocycles. The van der Waals surface area contributed by atoms with Gasteiger partial charge in [0.1, 0.15) is 11.9 Å². The van der Waals surface area contributed by atoms with Gasteiger partial charge in [0.05, 0.1) is 16.9 Å². The Bertz CT molecular complexity index is 947. The van der Waals surface area contributed by atoms with E-state index in [0.29, 0.717) is 0 Å². The van der Waals surface area contributed by atoms with Crippen LogP contribution in [-0.2, 0) is 14.8 Å². The summed E-state index contributed by atoms with van der Waals surface area (Å²) in [7, 11) is -3.86. The lowest BCUT2D eigenvalue weighted by Gasteiger charge is -2.30. The molecule has 1 amide bonds. The molecule has 0 unspecified atom stereocenters. The third-order valence-corrected chi connectivity index (χ3v) is 4.92. The van der Waals surface area contributed by atoms with Crippen molar-refractivity contribution in [3.63, 3.8) is 0 Å². The van der Waals surface area contributed by atoms with Crippen LogP contribution in [0.1, 0.15) is 13.3 Å². The smallest absolute Gasteiger partial charge is 0.271 e. The Balaban J connectivity index is 2.36. The Morgan fingerprint density at radius 1 is 1.26 bits per heavy atom. The van der Waals surface area contributed by atoms with E-state index in [-0.39, 0.29) is 23.5 Å². The Morgan fingerprint density at radius 2 is 1.89 bits per heavy atom. The highest BCUT2D eigenvalue weighted by molar-refractivity contribution is 7.92. The van der Waals surface area contributed by atoms with Crippen molar-refractivity contribution in [2.75, 3.05) is 15.9 Å². The molecule has 2 aromatic carbocycles. The Kier molecular flexibility index (Phi) is 6.11. The first-order chi connectivity index (χ1) is 12.6. The van der Waals surface area contributed by atoms with E-state index in [1.807, 2.05) is 0 Å². The number of benzene rings is 2. The van der Waals surface area contributed by atoms with Crippen LogP contribution >= 0.6 is 0 Å². The summed E-state index contributed by atoms with van der Waals surface area (Å²) < 4.78 is 38.6. The van der Waals surface area contributed by atoms with Crippen molar-refractivity contribution in [2.45, 2.75) is 19.4 Å². The summed E-state index contributed by atoms with van der Waals surface area (Å²) >= 11 is 0. The summed E-state index contributed by atoms with van der Waals surface area (Å²) in [5, 5.41) is 13.4. The van der Waals surface area contributed by atoms with Gasteiger partial charge < -0.3 is 5.32 Å². The highest BCUT2D eigenvalue weighted by Gasteiger charge is 2.31. The number of halogens is 1. The topological polar surface area (TPSA) is 110 Å². The molecule has 0 aliphatic rings. The van der Waals surface area contributed by atoms with E-state index >= 15 is 0 Å². The Hall–Kier alpha value is -3.01. The summed E-state index contributed by atoms with van der Waals surface area (Å²) in [4.78, 5) is 22.9. The van der Waals surface area contributed by atoms with E-state index in [1.165, 1.54) is 36.4 Å². The van der Waals surface area contributed by atoms with Crippen LogP contribution in [0, 0.1) is 15.9 Å². The van der Waals surface area contributed by atoms with Gasteiger partial charge in [-0.25, -0.2) is 12.8 Å². The summed E-state index contributed by atoms with van der Waals surface area (Å²) in [6.45, 7) is 1.62. The van der Waals surface area contributed by atoms with E-state index in [0.717, 1.165) is 22.7 Å². The van der Waals surface area contributed by atoms with Crippen LogP contribution in [0.3, 0.4) is 0 Å². The van der Waals surface area contributed by atoms with E-state index < -0.39 is 32.7 Å². The average Bonchev–Trinajstić information content (AvgIpc) is 2.59. The molecule has 2 aromatic rings. The number of carbonyl (C=O) groups excluding carboxylic acids is 1. The van der Waals surface area contributed by atoms with Crippen molar-refractivity contribution in [3.05, 3.63) is 64.5 Å². The van der Waals surface area contributed by atoms with Crippen LogP contribution in [0.5, 0.6) is 0 Å². The number of nitrogens with one attached hydrogen (secondary N) is 1. The van der Waals surface area contributed by atoms with Crippen LogP contribution in [-0.4, -0.2) is 31.5 Å². The number of hydrogen-bond acceptors (Lipinski definition) is 5. The van der Waals surface area contributed by atoms with Gasteiger partial charge in [-0.05, 0) is 36.8 Å². The number of hydrogen-bond donors (Lipinski definition) is 1. The largest absolute Gasteiger partial charge is 0.324 e. The first kappa shape index (κ1) is 20.3. The summed E-state index contributed by atoms with van der Waals surface area (Å²) in [5.74, 6) is -1.20. The molecular weight excluding hydrogens is 377 g/mol. The van der Waals surface area contributed by atoms with Crippen molar-refractivity contribution in [1.29, 1.82) is 0 Å². The fourth-order valence-corrected chi connectivity index (χ4v) is 3.78. The number of anilines is 2. The zero-order valence-corrected chi connectivity index (χ0v) is 15.4. The quantitative estimate of drug-likeness (QED) is 0.573. The minimum Gasteiger partial charge on any atom is -0.324 e. The monoisotopic (exact) mass is 395 g/mol. The fourth-order valence-electron chi connectivity index (χ4n) is 2.57. The molecule has 0 bridgehead atoms. The van der Waals surface area contributed by atoms with Crippen molar-refractivity contribution < 1.29 is 22.5 Å². The lowest BCUT2D eigenvalue weighted by Crippen LogP contribution is -2.47. The van der Waals surface area contributed by atoms with Crippen molar-refractivity contribution in [2.24, 2.45) is 0 Å². The second kappa shape index (κ2) is 8.12. The van der Waals surface area contributed by atoms with Gasteiger partial charge >= 0.3 is 0 Å². The number of sulfonamides is 1. The van der Waals surface area contributed by atoms with E-state index in [9.17, 15) is 27.7 Å². The molecule has 0 fully saturated rings.